The number of hydrogen-bond donors (Lipinski definition) is 0. The van der Waals surface area contributed by atoms with Gasteiger partial charge in [-0.1, -0.05) is 0 Å². The molecule has 4 nitrogen and oxygen atoms in total. The molecule has 68 valence electrons. The van der Waals surface area contributed by atoms with Crippen molar-refractivity contribution in [3.05, 3.63) is 42.6 Å². The minimum atomic E-state index is 0.381. The Bertz CT molecular complexity index is 442. The topological polar surface area (TPSA) is 55.7 Å². The molecule has 0 saturated carbocycles. The average Bonchev–Trinajstić information content (AvgIpc) is 2.30. The van der Waals surface area contributed by atoms with E-state index in [9.17, 15) is 4.79 Å². The van der Waals surface area contributed by atoms with E-state index in [1.165, 1.54) is 6.33 Å². The maximum Gasteiger partial charge on any atom is 0.168 e. The molecule has 0 fully saturated rings. The predicted octanol–water partition coefficient (Wildman–Crippen LogP) is 1.35. The van der Waals surface area contributed by atoms with Crippen LogP contribution in [0.25, 0.3) is 11.3 Å². The number of carbonyl (C=O) groups excluding carboxylic acids is 1. The SMILES string of the molecule is O=Cc1cc(-c2ccncc2)ncn1. The summed E-state index contributed by atoms with van der Waals surface area (Å²) >= 11 is 0. The van der Waals surface area contributed by atoms with Gasteiger partial charge in [0.1, 0.15) is 12.0 Å². The monoisotopic (exact) mass is 185 g/mol. The van der Waals surface area contributed by atoms with Gasteiger partial charge in [-0.2, -0.15) is 0 Å². The van der Waals surface area contributed by atoms with Crippen LogP contribution in [0.15, 0.2) is 36.9 Å². The van der Waals surface area contributed by atoms with Crippen LogP contribution in [0.4, 0.5) is 0 Å². The second-order valence-corrected chi connectivity index (χ2v) is 2.68. The highest BCUT2D eigenvalue weighted by Gasteiger charge is 1.99. The lowest BCUT2D eigenvalue weighted by molar-refractivity contribution is 0.111. The van der Waals surface area contributed by atoms with Gasteiger partial charge in [0.05, 0.1) is 5.69 Å². The van der Waals surface area contributed by atoms with E-state index in [0.29, 0.717) is 12.0 Å². The van der Waals surface area contributed by atoms with Gasteiger partial charge in [-0.05, 0) is 18.2 Å². The predicted molar refractivity (Wildman–Crippen MR) is 50.7 cm³/mol. The van der Waals surface area contributed by atoms with Crippen molar-refractivity contribution in [3.8, 4) is 11.3 Å². The second kappa shape index (κ2) is 3.74. The highest BCUT2D eigenvalue weighted by atomic mass is 16.1. The van der Waals surface area contributed by atoms with Gasteiger partial charge >= 0.3 is 0 Å². The molecule has 2 heterocycles. The van der Waals surface area contributed by atoms with Gasteiger partial charge in [-0.25, -0.2) is 9.97 Å². The number of carbonyl (C=O) groups is 1. The molecule has 2 rings (SSSR count). The Balaban J connectivity index is 2.47. The Morgan fingerprint density at radius 3 is 2.64 bits per heavy atom. The molecule has 2 aromatic heterocycles. The first-order valence-electron chi connectivity index (χ1n) is 4.08. The molecule has 0 spiro atoms. The van der Waals surface area contributed by atoms with Crippen molar-refractivity contribution in [2.45, 2.75) is 0 Å². The summed E-state index contributed by atoms with van der Waals surface area (Å²) in [4.78, 5) is 22.2. The van der Waals surface area contributed by atoms with Crippen molar-refractivity contribution >= 4 is 6.29 Å². The quantitative estimate of drug-likeness (QED) is 0.662. The molecule has 0 aliphatic carbocycles. The van der Waals surface area contributed by atoms with Crippen molar-refractivity contribution in [2.24, 2.45) is 0 Å². The van der Waals surface area contributed by atoms with Crippen LogP contribution >= 0.6 is 0 Å². The zero-order chi connectivity index (χ0) is 9.80. The number of aldehydes is 1. The van der Waals surface area contributed by atoms with E-state index in [0.717, 1.165) is 11.3 Å². The lowest BCUT2D eigenvalue weighted by atomic mass is 10.2. The van der Waals surface area contributed by atoms with E-state index in [4.69, 9.17) is 0 Å². The second-order valence-electron chi connectivity index (χ2n) is 2.68. The lowest BCUT2D eigenvalue weighted by Gasteiger charge is -1.98. The molecule has 4 heteroatoms. The summed E-state index contributed by atoms with van der Waals surface area (Å²) in [7, 11) is 0. The smallest absolute Gasteiger partial charge is 0.168 e. The third kappa shape index (κ3) is 1.64. The summed E-state index contributed by atoms with van der Waals surface area (Å²) in [6.45, 7) is 0. The molecule has 0 radical (unpaired) electrons. The lowest BCUT2D eigenvalue weighted by Crippen LogP contribution is -1.90. The van der Waals surface area contributed by atoms with E-state index < -0.39 is 0 Å². The van der Waals surface area contributed by atoms with Crippen LogP contribution in [0.3, 0.4) is 0 Å². The minimum Gasteiger partial charge on any atom is -0.296 e. The van der Waals surface area contributed by atoms with Crippen molar-refractivity contribution in [3.63, 3.8) is 0 Å². The van der Waals surface area contributed by atoms with Crippen molar-refractivity contribution < 1.29 is 4.79 Å². The van der Waals surface area contributed by atoms with Gasteiger partial charge < -0.3 is 0 Å². The van der Waals surface area contributed by atoms with Gasteiger partial charge in [0, 0.05) is 18.0 Å². The molecule has 0 N–H and O–H groups in total. The Kier molecular flexibility index (Phi) is 2.27. The van der Waals surface area contributed by atoms with Gasteiger partial charge in [0.2, 0.25) is 0 Å². The molecule has 0 saturated heterocycles. The summed E-state index contributed by atoms with van der Waals surface area (Å²) < 4.78 is 0. The summed E-state index contributed by atoms with van der Waals surface area (Å²) in [5, 5.41) is 0. The fraction of sp³-hybridized carbons (Fsp3) is 0. The third-order valence-electron chi connectivity index (χ3n) is 1.79. The van der Waals surface area contributed by atoms with Crippen molar-refractivity contribution in [2.75, 3.05) is 0 Å². The van der Waals surface area contributed by atoms with Crippen molar-refractivity contribution in [1.82, 2.24) is 15.0 Å². The van der Waals surface area contributed by atoms with Gasteiger partial charge in [0.15, 0.2) is 6.29 Å². The van der Waals surface area contributed by atoms with Crippen LogP contribution in [0, 0.1) is 0 Å². The van der Waals surface area contributed by atoms with Gasteiger partial charge in [0.25, 0.3) is 0 Å². The Morgan fingerprint density at radius 1 is 1.14 bits per heavy atom. The molecule has 0 unspecified atom stereocenters. The Morgan fingerprint density at radius 2 is 1.93 bits per heavy atom. The maximum absolute atomic E-state index is 10.5. The highest BCUT2D eigenvalue weighted by molar-refractivity contribution is 5.74. The minimum absolute atomic E-state index is 0.381. The van der Waals surface area contributed by atoms with Crippen LogP contribution in [-0.2, 0) is 0 Å². The van der Waals surface area contributed by atoms with Crippen molar-refractivity contribution in [1.29, 1.82) is 0 Å². The standard InChI is InChI=1S/C10H7N3O/c14-6-9-5-10(13-7-12-9)8-1-3-11-4-2-8/h1-7H. The maximum atomic E-state index is 10.5. The van der Waals surface area contributed by atoms with Crippen LogP contribution < -0.4 is 0 Å². The molecular weight excluding hydrogens is 178 g/mol. The van der Waals surface area contributed by atoms with E-state index in [2.05, 4.69) is 15.0 Å². The molecule has 0 amide bonds. The highest BCUT2D eigenvalue weighted by Crippen LogP contribution is 2.14. The first-order chi connectivity index (χ1) is 6.90. The van der Waals surface area contributed by atoms with E-state index in [1.54, 1.807) is 18.5 Å². The summed E-state index contributed by atoms with van der Waals surface area (Å²) in [6, 6.07) is 5.30. The molecule has 14 heavy (non-hydrogen) atoms. The largest absolute Gasteiger partial charge is 0.296 e. The molecule has 0 aliphatic rings. The van der Waals surface area contributed by atoms with Crippen LogP contribution in [-0.4, -0.2) is 21.2 Å². The number of pyridine rings is 1. The fourth-order valence-electron chi connectivity index (χ4n) is 1.12. The Hall–Kier alpha value is -2.10. The first-order valence-corrected chi connectivity index (χ1v) is 4.08. The zero-order valence-electron chi connectivity index (χ0n) is 7.29. The summed E-state index contributed by atoms with van der Waals surface area (Å²) in [6.07, 6.45) is 5.43. The van der Waals surface area contributed by atoms with E-state index in [1.807, 2.05) is 12.1 Å². The fourth-order valence-corrected chi connectivity index (χ4v) is 1.12. The van der Waals surface area contributed by atoms with Crippen LogP contribution in [0.5, 0.6) is 0 Å². The Labute approximate surface area is 80.7 Å². The van der Waals surface area contributed by atoms with Crippen LogP contribution in [0.1, 0.15) is 10.5 Å². The van der Waals surface area contributed by atoms with Gasteiger partial charge in [-0.15, -0.1) is 0 Å². The molecule has 0 atom stereocenters. The first kappa shape index (κ1) is 8.50. The van der Waals surface area contributed by atoms with E-state index >= 15 is 0 Å². The molecule has 0 bridgehead atoms. The number of nitrogens with zero attached hydrogens (tertiary/aromatic N) is 3. The van der Waals surface area contributed by atoms with Gasteiger partial charge in [-0.3, -0.25) is 9.78 Å². The van der Waals surface area contributed by atoms with Crippen LogP contribution in [0.2, 0.25) is 0 Å². The summed E-state index contributed by atoms with van der Waals surface area (Å²) in [5.41, 5.74) is 2.03. The third-order valence-corrected chi connectivity index (χ3v) is 1.79. The van der Waals surface area contributed by atoms with E-state index in [-0.39, 0.29) is 0 Å². The molecular formula is C10H7N3O. The average molecular weight is 185 g/mol. The normalized spacial score (nSPS) is 9.71. The summed E-state index contributed by atoms with van der Waals surface area (Å²) in [5.74, 6) is 0. The number of aromatic nitrogens is 3. The molecule has 2 aromatic rings. The zero-order valence-corrected chi connectivity index (χ0v) is 7.29. The number of rotatable bonds is 2. The molecule has 0 aromatic carbocycles. The molecule has 0 aliphatic heterocycles. The number of hydrogen-bond acceptors (Lipinski definition) is 4.